The fourth-order valence-corrected chi connectivity index (χ4v) is 5.20. The zero-order chi connectivity index (χ0) is 25.0. The minimum atomic E-state index is -0.470. The van der Waals surface area contributed by atoms with E-state index in [0.717, 1.165) is 27.3 Å². The van der Waals surface area contributed by atoms with Crippen molar-refractivity contribution in [3.63, 3.8) is 0 Å². The van der Waals surface area contributed by atoms with Gasteiger partial charge in [0.2, 0.25) is 4.96 Å². The molecule has 8 nitrogen and oxygen atoms in total. The maximum atomic E-state index is 13.2. The molecule has 176 valence electrons. The van der Waals surface area contributed by atoms with Crippen LogP contribution in [0.2, 0.25) is 0 Å². The lowest BCUT2D eigenvalue weighted by molar-refractivity contribution is 0.0925. The highest BCUT2D eigenvalue weighted by Crippen LogP contribution is 2.32. The Morgan fingerprint density at radius 1 is 0.917 bits per heavy atom. The second-order valence-electron chi connectivity index (χ2n) is 8.57. The molecule has 3 amide bonds. The van der Waals surface area contributed by atoms with Crippen molar-refractivity contribution in [2.75, 3.05) is 10.2 Å². The lowest BCUT2D eigenvalue weighted by Crippen LogP contribution is -2.30. The third-order valence-corrected chi connectivity index (χ3v) is 6.93. The Kier molecular flexibility index (Phi) is 5.01. The zero-order valence-corrected chi connectivity index (χ0v) is 20.2. The summed E-state index contributed by atoms with van der Waals surface area (Å²) in [6.45, 7) is 3.81. The van der Waals surface area contributed by atoms with Gasteiger partial charge in [-0.1, -0.05) is 48.0 Å². The predicted octanol–water partition coefficient (Wildman–Crippen LogP) is 5.13. The van der Waals surface area contributed by atoms with E-state index in [9.17, 15) is 14.4 Å². The van der Waals surface area contributed by atoms with E-state index < -0.39 is 17.7 Å². The molecule has 0 atom stereocenters. The predicted molar refractivity (Wildman–Crippen MR) is 138 cm³/mol. The van der Waals surface area contributed by atoms with Gasteiger partial charge in [-0.25, -0.2) is 9.42 Å². The summed E-state index contributed by atoms with van der Waals surface area (Å²) in [5.74, 6) is -1.17. The molecule has 36 heavy (non-hydrogen) atoms. The fraction of sp³-hybridized carbons (Fsp3) is 0.0741. The Balaban J connectivity index is 1.27. The number of amides is 3. The summed E-state index contributed by atoms with van der Waals surface area (Å²) in [6, 6.07) is 19.8. The quantitative estimate of drug-likeness (QED) is 0.350. The molecule has 1 aliphatic heterocycles. The number of fused-ring (bicyclic) bond motifs is 2. The molecule has 6 rings (SSSR count). The van der Waals surface area contributed by atoms with Crippen molar-refractivity contribution in [2.24, 2.45) is 0 Å². The van der Waals surface area contributed by atoms with Gasteiger partial charge in [0.25, 0.3) is 23.7 Å². The molecule has 1 N–H and O–H groups in total. The van der Waals surface area contributed by atoms with Crippen LogP contribution in [0, 0.1) is 13.8 Å². The molecule has 1 aliphatic rings. The van der Waals surface area contributed by atoms with Gasteiger partial charge in [-0.3, -0.25) is 19.7 Å². The molecule has 5 aromatic rings. The lowest BCUT2D eigenvalue weighted by atomic mass is 10.1. The summed E-state index contributed by atoms with van der Waals surface area (Å²) in [6.07, 6.45) is 0. The second kappa shape index (κ2) is 8.24. The number of nitrogens with one attached hydrogen (secondary N) is 1. The molecule has 9 heteroatoms. The van der Waals surface area contributed by atoms with E-state index in [1.807, 2.05) is 61.7 Å². The number of imide groups is 1. The van der Waals surface area contributed by atoms with Crippen LogP contribution in [-0.2, 0) is 0 Å². The Morgan fingerprint density at radius 3 is 2.47 bits per heavy atom. The number of aromatic nitrogens is 3. The van der Waals surface area contributed by atoms with Crippen LogP contribution in [-0.4, -0.2) is 32.3 Å². The Bertz CT molecular complexity index is 1700. The van der Waals surface area contributed by atoms with Crippen LogP contribution in [0.25, 0.3) is 16.2 Å². The first-order valence-corrected chi connectivity index (χ1v) is 12.1. The maximum Gasteiger partial charge on any atom is 0.266 e. The third kappa shape index (κ3) is 3.48. The number of anilines is 2. The van der Waals surface area contributed by atoms with Gasteiger partial charge < -0.3 is 0 Å². The molecular formula is C27H19N5O3S. The van der Waals surface area contributed by atoms with Crippen LogP contribution < -0.4 is 10.2 Å². The molecule has 0 saturated heterocycles. The first-order valence-electron chi connectivity index (χ1n) is 11.2. The number of hydrogen-bond acceptors (Lipinski definition) is 6. The molecule has 0 bridgehead atoms. The number of rotatable bonds is 4. The average Bonchev–Trinajstić information content (AvgIpc) is 3.52. The zero-order valence-electron chi connectivity index (χ0n) is 19.4. The maximum absolute atomic E-state index is 13.2. The molecule has 2 aromatic heterocycles. The summed E-state index contributed by atoms with van der Waals surface area (Å²) in [7, 11) is 0. The summed E-state index contributed by atoms with van der Waals surface area (Å²) in [5.41, 5.74) is 4.95. The third-order valence-electron chi connectivity index (χ3n) is 6.12. The Hall–Kier alpha value is -4.63. The van der Waals surface area contributed by atoms with Crippen LogP contribution in [0.5, 0.6) is 0 Å². The minimum absolute atomic E-state index is 0.156. The van der Waals surface area contributed by atoms with Crippen LogP contribution in [0.4, 0.5) is 11.6 Å². The van der Waals surface area contributed by atoms with Gasteiger partial charge in [-0.15, -0.1) is 16.4 Å². The van der Waals surface area contributed by atoms with Gasteiger partial charge in [0.05, 0.1) is 22.5 Å². The number of benzene rings is 3. The molecule has 3 aromatic carbocycles. The van der Waals surface area contributed by atoms with Crippen molar-refractivity contribution in [2.45, 2.75) is 13.8 Å². The monoisotopic (exact) mass is 493 g/mol. The van der Waals surface area contributed by atoms with Gasteiger partial charge >= 0.3 is 0 Å². The van der Waals surface area contributed by atoms with E-state index >= 15 is 0 Å². The number of thiazole rings is 1. The summed E-state index contributed by atoms with van der Waals surface area (Å²) in [5, 5.41) is 9.10. The smallest absolute Gasteiger partial charge is 0.266 e. The first-order chi connectivity index (χ1) is 17.4. The van der Waals surface area contributed by atoms with Crippen LogP contribution in [0.15, 0.2) is 72.1 Å². The SMILES string of the molecule is Cc1ccc(N2C(=O)c3ccc(C(=O)Nc4nc5scc(-c6ccccc6)n5n4)cc3C2=O)c(C)c1. The molecule has 0 aliphatic carbocycles. The van der Waals surface area contributed by atoms with Crippen molar-refractivity contribution in [1.82, 2.24) is 14.6 Å². The van der Waals surface area contributed by atoms with Crippen molar-refractivity contribution >= 4 is 45.7 Å². The van der Waals surface area contributed by atoms with Crippen LogP contribution in [0.1, 0.15) is 42.2 Å². The van der Waals surface area contributed by atoms with E-state index in [4.69, 9.17) is 0 Å². The molecule has 0 radical (unpaired) electrons. The normalized spacial score (nSPS) is 12.9. The number of nitrogens with zero attached hydrogens (tertiary/aromatic N) is 4. The van der Waals surface area contributed by atoms with Crippen molar-refractivity contribution < 1.29 is 14.4 Å². The van der Waals surface area contributed by atoms with Gasteiger partial charge in [0.15, 0.2) is 0 Å². The van der Waals surface area contributed by atoms with E-state index in [1.165, 1.54) is 29.5 Å². The Morgan fingerprint density at radius 2 is 1.69 bits per heavy atom. The van der Waals surface area contributed by atoms with E-state index in [0.29, 0.717) is 10.6 Å². The minimum Gasteiger partial charge on any atom is -0.289 e. The highest BCUT2D eigenvalue weighted by molar-refractivity contribution is 7.15. The molecular weight excluding hydrogens is 474 g/mol. The van der Waals surface area contributed by atoms with Gasteiger partial charge in [-0.2, -0.15) is 4.98 Å². The summed E-state index contributed by atoms with van der Waals surface area (Å²) in [4.78, 5) is 45.4. The molecule has 3 heterocycles. The molecule has 0 unspecified atom stereocenters. The number of hydrogen-bond donors (Lipinski definition) is 1. The van der Waals surface area contributed by atoms with Crippen molar-refractivity contribution in [3.05, 3.63) is 99.9 Å². The van der Waals surface area contributed by atoms with Crippen molar-refractivity contribution in [3.8, 4) is 11.3 Å². The largest absolute Gasteiger partial charge is 0.289 e. The number of carbonyl (C=O) groups is 3. The summed E-state index contributed by atoms with van der Waals surface area (Å²) < 4.78 is 1.68. The topological polar surface area (TPSA) is 96.7 Å². The van der Waals surface area contributed by atoms with Crippen molar-refractivity contribution in [1.29, 1.82) is 0 Å². The number of carbonyl (C=O) groups excluding carboxylic acids is 3. The van der Waals surface area contributed by atoms with Gasteiger partial charge in [-0.05, 0) is 43.7 Å². The van der Waals surface area contributed by atoms with E-state index in [1.54, 1.807) is 10.6 Å². The van der Waals surface area contributed by atoms with E-state index in [-0.39, 0.29) is 22.6 Å². The van der Waals surface area contributed by atoms with Gasteiger partial charge in [0.1, 0.15) is 0 Å². The highest BCUT2D eigenvalue weighted by atomic mass is 32.1. The average molecular weight is 494 g/mol. The Labute approximate surface area is 209 Å². The molecule has 0 spiro atoms. The van der Waals surface area contributed by atoms with Gasteiger partial charge in [0, 0.05) is 16.5 Å². The first kappa shape index (κ1) is 21.9. The molecule has 0 saturated carbocycles. The highest BCUT2D eigenvalue weighted by Gasteiger charge is 2.37. The van der Waals surface area contributed by atoms with E-state index in [2.05, 4.69) is 15.4 Å². The standard InChI is InChI=1S/C27H19N5O3S/c1-15-8-11-21(16(2)12-15)31-24(34)19-10-9-18(13-20(19)25(31)35)23(33)28-26-29-27-32(30-26)22(14-36-27)17-6-4-3-5-7-17/h3-14H,1-2H3,(H,28,30,33). The fourth-order valence-electron chi connectivity index (χ4n) is 4.37. The van der Waals surface area contributed by atoms with Crippen LogP contribution >= 0.6 is 11.3 Å². The number of aryl methyl sites for hydroxylation is 2. The van der Waals surface area contributed by atoms with Crippen LogP contribution in [0.3, 0.4) is 0 Å². The lowest BCUT2D eigenvalue weighted by Gasteiger charge is -2.16. The summed E-state index contributed by atoms with van der Waals surface area (Å²) >= 11 is 1.42. The molecule has 0 fully saturated rings. The second-order valence-corrected chi connectivity index (χ2v) is 9.40.